The van der Waals surface area contributed by atoms with Crippen LogP contribution in [0.2, 0.25) is 0 Å². The zero-order chi connectivity index (χ0) is 18.7. The lowest BCUT2D eigenvalue weighted by Crippen LogP contribution is -2.37. The van der Waals surface area contributed by atoms with Crippen molar-refractivity contribution < 1.29 is 18.4 Å². The third-order valence-electron chi connectivity index (χ3n) is 3.94. The van der Waals surface area contributed by atoms with Crippen LogP contribution in [0.25, 0.3) is 0 Å². The minimum atomic E-state index is -1.03. The third kappa shape index (κ3) is 3.62. The molecule has 8 heteroatoms. The highest BCUT2D eigenvalue weighted by atomic mass is 19.2. The molecule has 132 valence electrons. The second-order valence-corrected chi connectivity index (χ2v) is 5.69. The van der Waals surface area contributed by atoms with Crippen LogP contribution in [0.15, 0.2) is 42.5 Å². The summed E-state index contributed by atoms with van der Waals surface area (Å²) >= 11 is 0. The van der Waals surface area contributed by atoms with E-state index < -0.39 is 23.6 Å². The van der Waals surface area contributed by atoms with E-state index in [2.05, 4.69) is 5.32 Å². The van der Waals surface area contributed by atoms with Gasteiger partial charge in [0.15, 0.2) is 11.6 Å². The van der Waals surface area contributed by atoms with E-state index in [-0.39, 0.29) is 18.8 Å². The number of anilines is 2. The number of carbonyl (C=O) groups excluding carboxylic acids is 2. The van der Waals surface area contributed by atoms with Crippen LogP contribution in [0.1, 0.15) is 5.56 Å². The van der Waals surface area contributed by atoms with E-state index in [9.17, 15) is 18.4 Å². The van der Waals surface area contributed by atoms with Crippen LogP contribution in [0, 0.1) is 23.0 Å². The molecular formula is C18H14F2N4O2. The number of nitrogens with one attached hydrogen (secondary N) is 1. The molecule has 3 amide bonds. The van der Waals surface area contributed by atoms with Gasteiger partial charge >= 0.3 is 6.03 Å². The smallest absolute Gasteiger partial charge is 0.325 e. The fraction of sp³-hybridized carbons (Fsp3) is 0.167. The van der Waals surface area contributed by atoms with Gasteiger partial charge in [-0.05, 0) is 36.4 Å². The molecule has 1 aliphatic heterocycles. The molecule has 1 heterocycles. The van der Waals surface area contributed by atoms with Gasteiger partial charge in [-0.25, -0.2) is 13.6 Å². The predicted molar refractivity (Wildman–Crippen MR) is 90.5 cm³/mol. The van der Waals surface area contributed by atoms with Crippen LogP contribution < -0.4 is 10.2 Å². The first-order valence-corrected chi connectivity index (χ1v) is 7.79. The molecule has 0 aromatic heterocycles. The van der Waals surface area contributed by atoms with Crippen molar-refractivity contribution in [3.05, 3.63) is 59.7 Å². The van der Waals surface area contributed by atoms with E-state index in [4.69, 9.17) is 5.26 Å². The molecule has 1 fully saturated rings. The van der Waals surface area contributed by atoms with Crippen molar-refractivity contribution in [3.63, 3.8) is 0 Å². The molecule has 0 atom stereocenters. The Hall–Kier alpha value is -3.47. The number of amides is 3. The predicted octanol–water partition coefficient (Wildman–Crippen LogP) is 2.72. The van der Waals surface area contributed by atoms with Gasteiger partial charge in [0, 0.05) is 30.5 Å². The van der Waals surface area contributed by atoms with E-state index in [1.54, 1.807) is 24.3 Å². The van der Waals surface area contributed by atoms with Crippen LogP contribution in [0.5, 0.6) is 0 Å². The van der Waals surface area contributed by atoms with Crippen molar-refractivity contribution in [2.24, 2.45) is 0 Å². The van der Waals surface area contributed by atoms with Gasteiger partial charge in [0.2, 0.25) is 5.91 Å². The number of nitriles is 1. The fourth-order valence-corrected chi connectivity index (χ4v) is 2.62. The first-order chi connectivity index (χ1) is 12.5. The summed E-state index contributed by atoms with van der Waals surface area (Å²) in [6, 6.07) is 11.1. The van der Waals surface area contributed by atoms with Crippen LogP contribution in [-0.2, 0) is 4.79 Å². The van der Waals surface area contributed by atoms with Gasteiger partial charge in [0.05, 0.1) is 11.6 Å². The van der Waals surface area contributed by atoms with Crippen LogP contribution in [-0.4, -0.2) is 36.5 Å². The number of rotatable bonds is 4. The summed E-state index contributed by atoms with van der Waals surface area (Å²) in [5.41, 5.74) is 1.22. The lowest BCUT2D eigenvalue weighted by Gasteiger charge is -2.18. The van der Waals surface area contributed by atoms with Crippen LogP contribution in [0.4, 0.5) is 25.0 Å². The van der Waals surface area contributed by atoms with Gasteiger partial charge in [-0.1, -0.05) is 0 Å². The largest absolute Gasteiger partial charge is 0.325 e. The maximum atomic E-state index is 13.4. The Balaban J connectivity index is 1.61. The summed E-state index contributed by atoms with van der Waals surface area (Å²) in [6.07, 6.45) is 0. The van der Waals surface area contributed by atoms with Crippen LogP contribution in [0.3, 0.4) is 0 Å². The zero-order valence-electron chi connectivity index (χ0n) is 13.6. The molecule has 2 aromatic rings. The van der Waals surface area contributed by atoms with Crippen molar-refractivity contribution in [1.82, 2.24) is 4.90 Å². The second kappa shape index (κ2) is 7.19. The summed E-state index contributed by atoms with van der Waals surface area (Å²) in [5.74, 6) is -2.42. The molecule has 0 radical (unpaired) electrons. The highest BCUT2D eigenvalue weighted by molar-refractivity contribution is 5.99. The maximum absolute atomic E-state index is 13.4. The first-order valence-electron chi connectivity index (χ1n) is 7.79. The molecule has 0 bridgehead atoms. The van der Waals surface area contributed by atoms with E-state index >= 15 is 0 Å². The first kappa shape index (κ1) is 17.4. The Bertz CT molecular complexity index is 893. The highest BCUT2D eigenvalue weighted by Crippen LogP contribution is 2.22. The summed E-state index contributed by atoms with van der Waals surface area (Å²) < 4.78 is 26.4. The second-order valence-electron chi connectivity index (χ2n) is 5.69. The van der Waals surface area contributed by atoms with Gasteiger partial charge in [-0.15, -0.1) is 0 Å². The molecule has 0 aliphatic carbocycles. The van der Waals surface area contributed by atoms with Crippen molar-refractivity contribution in [1.29, 1.82) is 5.26 Å². The van der Waals surface area contributed by atoms with Gasteiger partial charge in [0.1, 0.15) is 6.54 Å². The number of hydrogen-bond acceptors (Lipinski definition) is 3. The quantitative estimate of drug-likeness (QED) is 0.915. The van der Waals surface area contributed by atoms with Gasteiger partial charge in [-0.2, -0.15) is 5.26 Å². The minimum Gasteiger partial charge on any atom is -0.325 e. The summed E-state index contributed by atoms with van der Waals surface area (Å²) in [5, 5.41) is 11.4. The molecule has 0 saturated carbocycles. The Morgan fingerprint density at radius 1 is 1.12 bits per heavy atom. The lowest BCUT2D eigenvalue weighted by atomic mass is 10.2. The van der Waals surface area contributed by atoms with Crippen LogP contribution >= 0.6 is 0 Å². The van der Waals surface area contributed by atoms with E-state index in [1.807, 2.05) is 6.07 Å². The SMILES string of the molecule is N#Cc1ccc(NC(=O)CN2CCN(c3ccc(F)c(F)c3)C2=O)cc1. The van der Waals surface area contributed by atoms with Crippen molar-refractivity contribution in [2.45, 2.75) is 0 Å². The number of urea groups is 1. The standard InChI is InChI=1S/C18H14F2N4O2/c19-15-6-5-14(9-16(15)20)24-8-7-23(18(24)26)11-17(25)22-13-3-1-12(10-21)2-4-13/h1-6,9H,7-8,11H2,(H,22,25). The number of hydrogen-bond donors (Lipinski definition) is 1. The fourth-order valence-electron chi connectivity index (χ4n) is 2.62. The molecule has 0 unspecified atom stereocenters. The topological polar surface area (TPSA) is 76.4 Å². The number of halogens is 2. The number of benzene rings is 2. The third-order valence-corrected chi connectivity index (χ3v) is 3.94. The Morgan fingerprint density at radius 3 is 2.50 bits per heavy atom. The normalized spacial score (nSPS) is 13.7. The molecular weight excluding hydrogens is 342 g/mol. The average Bonchev–Trinajstić information content (AvgIpc) is 2.98. The van der Waals surface area contributed by atoms with Gasteiger partial charge < -0.3 is 10.2 Å². The molecule has 2 aromatic carbocycles. The monoisotopic (exact) mass is 356 g/mol. The molecule has 3 rings (SSSR count). The Kier molecular flexibility index (Phi) is 4.80. The molecule has 1 N–H and O–H groups in total. The molecule has 6 nitrogen and oxygen atoms in total. The van der Waals surface area contributed by atoms with Crippen molar-refractivity contribution >= 4 is 23.3 Å². The van der Waals surface area contributed by atoms with Gasteiger partial charge in [0.25, 0.3) is 0 Å². The Labute approximate surface area is 148 Å². The summed E-state index contributed by atoms with van der Waals surface area (Å²) in [6.45, 7) is 0.395. The summed E-state index contributed by atoms with van der Waals surface area (Å²) in [7, 11) is 0. The average molecular weight is 356 g/mol. The van der Waals surface area contributed by atoms with E-state index in [1.165, 1.54) is 15.9 Å². The highest BCUT2D eigenvalue weighted by Gasteiger charge is 2.31. The molecule has 0 spiro atoms. The Morgan fingerprint density at radius 2 is 1.85 bits per heavy atom. The minimum absolute atomic E-state index is 0.168. The van der Waals surface area contributed by atoms with Gasteiger partial charge in [-0.3, -0.25) is 9.69 Å². The van der Waals surface area contributed by atoms with E-state index in [0.717, 1.165) is 12.1 Å². The number of nitrogens with zero attached hydrogens (tertiary/aromatic N) is 3. The van der Waals surface area contributed by atoms with E-state index in [0.29, 0.717) is 17.8 Å². The maximum Gasteiger partial charge on any atom is 0.325 e. The number of carbonyl (C=O) groups is 2. The molecule has 1 aliphatic rings. The zero-order valence-corrected chi connectivity index (χ0v) is 13.6. The molecule has 26 heavy (non-hydrogen) atoms. The summed E-state index contributed by atoms with van der Waals surface area (Å²) in [4.78, 5) is 27.1. The van der Waals surface area contributed by atoms with Crippen molar-refractivity contribution in [3.8, 4) is 6.07 Å². The van der Waals surface area contributed by atoms with Crippen molar-refractivity contribution in [2.75, 3.05) is 29.9 Å². The lowest BCUT2D eigenvalue weighted by molar-refractivity contribution is -0.116. The molecule has 1 saturated heterocycles.